The lowest BCUT2D eigenvalue weighted by atomic mass is 10.1. The predicted octanol–water partition coefficient (Wildman–Crippen LogP) is 3.31. The molecule has 4 nitrogen and oxygen atoms in total. The third kappa shape index (κ3) is 1.87. The molecule has 0 amide bonds. The van der Waals surface area contributed by atoms with Crippen LogP contribution in [0.15, 0.2) is 42.6 Å². The number of nitro groups is 1. The minimum absolute atomic E-state index is 0.223. The number of hydrogen-bond donors (Lipinski definition) is 0. The van der Waals surface area contributed by atoms with Crippen molar-refractivity contribution in [1.82, 2.24) is 4.98 Å². The fraction of sp³-hybridized carbons (Fsp3) is 0. The molecule has 80 valence electrons. The zero-order valence-corrected chi connectivity index (χ0v) is 8.89. The number of pyridine rings is 1. The van der Waals surface area contributed by atoms with Crippen molar-refractivity contribution in [2.45, 2.75) is 0 Å². The SMILES string of the molecule is O=[N+]([O-])c1nccc(Cl)c1-c1ccccc1. The maximum absolute atomic E-state index is 10.8. The molecule has 0 N–H and O–H groups in total. The summed E-state index contributed by atoms with van der Waals surface area (Å²) in [6.07, 6.45) is 1.33. The topological polar surface area (TPSA) is 56.0 Å². The van der Waals surface area contributed by atoms with Crippen LogP contribution in [0.5, 0.6) is 0 Å². The molecule has 0 spiro atoms. The molecule has 1 aromatic carbocycles. The van der Waals surface area contributed by atoms with Crippen LogP contribution in [0.3, 0.4) is 0 Å². The third-order valence-corrected chi connectivity index (χ3v) is 2.43. The lowest BCUT2D eigenvalue weighted by Gasteiger charge is -2.03. The first kappa shape index (κ1) is 10.6. The van der Waals surface area contributed by atoms with Crippen molar-refractivity contribution in [3.8, 4) is 11.1 Å². The normalized spacial score (nSPS) is 10.1. The molecule has 0 aliphatic carbocycles. The van der Waals surface area contributed by atoms with E-state index in [-0.39, 0.29) is 5.82 Å². The number of nitrogens with zero attached hydrogens (tertiary/aromatic N) is 2. The minimum atomic E-state index is -0.534. The van der Waals surface area contributed by atoms with E-state index in [0.29, 0.717) is 16.1 Å². The van der Waals surface area contributed by atoms with Crippen LogP contribution in [-0.4, -0.2) is 9.91 Å². The quantitative estimate of drug-likeness (QED) is 0.592. The molecule has 0 atom stereocenters. The van der Waals surface area contributed by atoms with Crippen molar-refractivity contribution in [2.24, 2.45) is 0 Å². The monoisotopic (exact) mass is 234 g/mol. The van der Waals surface area contributed by atoms with E-state index in [1.54, 1.807) is 24.3 Å². The van der Waals surface area contributed by atoms with Gasteiger partial charge in [-0.05, 0) is 15.5 Å². The summed E-state index contributed by atoms with van der Waals surface area (Å²) in [5, 5.41) is 11.2. The summed E-state index contributed by atoms with van der Waals surface area (Å²) in [5.41, 5.74) is 1.04. The van der Waals surface area contributed by atoms with Crippen molar-refractivity contribution in [1.29, 1.82) is 0 Å². The molecule has 0 saturated heterocycles. The van der Waals surface area contributed by atoms with E-state index in [0.717, 1.165) is 0 Å². The van der Waals surface area contributed by atoms with Crippen LogP contribution in [0.2, 0.25) is 5.02 Å². The van der Waals surface area contributed by atoms with Gasteiger partial charge in [-0.3, -0.25) is 0 Å². The second-order valence-electron chi connectivity index (χ2n) is 3.11. The molecule has 0 fully saturated rings. The molecule has 5 heteroatoms. The Morgan fingerprint density at radius 1 is 1.19 bits per heavy atom. The largest absolute Gasteiger partial charge is 0.372 e. The zero-order chi connectivity index (χ0) is 11.5. The Morgan fingerprint density at radius 3 is 2.50 bits per heavy atom. The van der Waals surface area contributed by atoms with E-state index < -0.39 is 4.92 Å². The van der Waals surface area contributed by atoms with E-state index in [1.807, 2.05) is 6.07 Å². The fourth-order valence-corrected chi connectivity index (χ4v) is 1.69. The molecule has 2 aromatic rings. The molecule has 16 heavy (non-hydrogen) atoms. The van der Waals surface area contributed by atoms with Crippen LogP contribution in [0, 0.1) is 10.1 Å². The molecule has 1 heterocycles. The number of halogens is 1. The zero-order valence-electron chi connectivity index (χ0n) is 8.13. The molecular weight excluding hydrogens is 228 g/mol. The Labute approximate surface area is 96.7 Å². The van der Waals surface area contributed by atoms with Crippen LogP contribution >= 0.6 is 11.6 Å². The molecule has 0 bridgehead atoms. The standard InChI is InChI=1S/C11H7ClN2O2/c12-9-6-7-13-11(14(15)16)10(9)8-4-2-1-3-5-8/h1-7H. The summed E-state index contributed by atoms with van der Waals surface area (Å²) in [6.45, 7) is 0. The van der Waals surface area contributed by atoms with Gasteiger partial charge >= 0.3 is 5.82 Å². The molecule has 1 aromatic heterocycles. The van der Waals surface area contributed by atoms with Gasteiger partial charge in [-0.2, -0.15) is 0 Å². The maximum Gasteiger partial charge on any atom is 0.372 e. The molecule has 0 radical (unpaired) electrons. The Morgan fingerprint density at radius 2 is 1.88 bits per heavy atom. The summed E-state index contributed by atoms with van der Waals surface area (Å²) in [7, 11) is 0. The van der Waals surface area contributed by atoms with Gasteiger partial charge in [0.1, 0.15) is 6.20 Å². The van der Waals surface area contributed by atoms with Gasteiger partial charge in [0.25, 0.3) is 0 Å². The summed E-state index contributed by atoms with van der Waals surface area (Å²) in [5.74, 6) is -0.223. The van der Waals surface area contributed by atoms with Crippen LogP contribution < -0.4 is 0 Å². The average Bonchev–Trinajstić information content (AvgIpc) is 2.29. The first-order valence-electron chi connectivity index (χ1n) is 4.54. The fourth-order valence-electron chi connectivity index (χ4n) is 1.44. The second kappa shape index (κ2) is 4.28. The van der Waals surface area contributed by atoms with Crippen molar-refractivity contribution in [2.75, 3.05) is 0 Å². The second-order valence-corrected chi connectivity index (χ2v) is 3.52. The Hall–Kier alpha value is -1.94. The Bertz CT molecular complexity index is 529. The highest BCUT2D eigenvalue weighted by molar-refractivity contribution is 6.33. The van der Waals surface area contributed by atoms with Crippen molar-refractivity contribution in [3.63, 3.8) is 0 Å². The first-order chi connectivity index (χ1) is 7.70. The minimum Gasteiger partial charge on any atom is -0.358 e. The molecule has 2 rings (SSSR count). The predicted molar refractivity (Wildman–Crippen MR) is 61.3 cm³/mol. The lowest BCUT2D eigenvalue weighted by molar-refractivity contribution is -0.388. The number of aromatic nitrogens is 1. The highest BCUT2D eigenvalue weighted by Gasteiger charge is 2.19. The maximum atomic E-state index is 10.8. The van der Waals surface area contributed by atoms with E-state index >= 15 is 0 Å². The average molecular weight is 235 g/mol. The molecule has 0 unspecified atom stereocenters. The van der Waals surface area contributed by atoms with E-state index in [1.165, 1.54) is 12.3 Å². The highest BCUT2D eigenvalue weighted by atomic mass is 35.5. The number of rotatable bonds is 2. The Balaban J connectivity index is 2.68. The van der Waals surface area contributed by atoms with Crippen LogP contribution in [0.1, 0.15) is 0 Å². The molecule has 0 aliphatic rings. The number of hydrogen-bond acceptors (Lipinski definition) is 3. The molecule has 0 aliphatic heterocycles. The van der Waals surface area contributed by atoms with Crippen molar-refractivity contribution < 1.29 is 4.92 Å². The van der Waals surface area contributed by atoms with Crippen LogP contribution in [-0.2, 0) is 0 Å². The van der Waals surface area contributed by atoms with Crippen molar-refractivity contribution >= 4 is 17.4 Å². The van der Waals surface area contributed by atoms with E-state index in [4.69, 9.17) is 11.6 Å². The highest BCUT2D eigenvalue weighted by Crippen LogP contribution is 2.33. The summed E-state index contributed by atoms with van der Waals surface area (Å²) >= 11 is 5.96. The van der Waals surface area contributed by atoms with Gasteiger partial charge in [0.05, 0.1) is 10.6 Å². The summed E-state index contributed by atoms with van der Waals surface area (Å²) < 4.78 is 0. The van der Waals surface area contributed by atoms with Gasteiger partial charge in [0.2, 0.25) is 0 Å². The van der Waals surface area contributed by atoms with Gasteiger partial charge in [0.15, 0.2) is 0 Å². The van der Waals surface area contributed by atoms with Gasteiger partial charge in [-0.15, -0.1) is 0 Å². The third-order valence-electron chi connectivity index (χ3n) is 2.12. The molecular formula is C11H7ClN2O2. The van der Waals surface area contributed by atoms with Crippen LogP contribution in [0.25, 0.3) is 11.1 Å². The lowest BCUT2D eigenvalue weighted by Crippen LogP contribution is -1.95. The van der Waals surface area contributed by atoms with Gasteiger partial charge in [-0.25, -0.2) is 0 Å². The van der Waals surface area contributed by atoms with E-state index in [2.05, 4.69) is 4.98 Å². The van der Waals surface area contributed by atoms with Gasteiger partial charge in [-0.1, -0.05) is 41.9 Å². The summed E-state index contributed by atoms with van der Waals surface area (Å²) in [4.78, 5) is 14.0. The summed E-state index contributed by atoms with van der Waals surface area (Å²) in [6, 6.07) is 10.5. The number of benzene rings is 1. The first-order valence-corrected chi connectivity index (χ1v) is 4.92. The van der Waals surface area contributed by atoms with E-state index in [9.17, 15) is 10.1 Å². The van der Waals surface area contributed by atoms with Gasteiger partial charge in [0, 0.05) is 6.07 Å². The van der Waals surface area contributed by atoms with Crippen LogP contribution in [0.4, 0.5) is 5.82 Å². The Kier molecular flexibility index (Phi) is 2.83. The van der Waals surface area contributed by atoms with Gasteiger partial charge < -0.3 is 10.1 Å². The van der Waals surface area contributed by atoms with Crippen molar-refractivity contribution in [3.05, 3.63) is 57.7 Å². The smallest absolute Gasteiger partial charge is 0.358 e. The molecule has 0 saturated carbocycles.